The predicted octanol–water partition coefficient (Wildman–Crippen LogP) is 2.76. The summed E-state index contributed by atoms with van der Waals surface area (Å²) in [6.07, 6.45) is 0. The van der Waals surface area contributed by atoms with Crippen molar-refractivity contribution >= 4 is 27.1 Å². The molecule has 4 heteroatoms. The molecule has 1 aromatic heterocycles. The molecule has 1 nitrogen and oxygen atoms in total. The highest BCUT2D eigenvalue weighted by atomic mass is 32.1. The van der Waals surface area contributed by atoms with E-state index in [-0.39, 0.29) is 10.8 Å². The summed E-state index contributed by atoms with van der Waals surface area (Å²) in [7, 11) is 0. The highest BCUT2D eigenvalue weighted by molar-refractivity contribution is 7.17. The van der Waals surface area contributed by atoms with Crippen LogP contribution in [0.15, 0.2) is 18.2 Å². The molecular weight excluding hydrogens is 180 g/mol. The lowest BCUT2D eigenvalue weighted by molar-refractivity contribution is 0.630. The first-order chi connectivity index (χ1) is 5.66. The van der Waals surface area contributed by atoms with Crippen LogP contribution >= 0.6 is 11.3 Å². The Morgan fingerprint density at radius 1 is 1.17 bits per heavy atom. The Bertz CT molecular complexity index is 436. The Kier molecular flexibility index (Phi) is 1.51. The number of nitrogens with two attached hydrogens (primary N) is 1. The van der Waals surface area contributed by atoms with Gasteiger partial charge in [0, 0.05) is 15.8 Å². The molecule has 0 saturated carbocycles. The van der Waals surface area contributed by atoms with Gasteiger partial charge < -0.3 is 5.73 Å². The molecule has 2 aromatic rings. The average Bonchev–Trinajstić information content (AvgIpc) is 2.29. The first-order valence-corrected chi connectivity index (χ1v) is 4.12. The first kappa shape index (κ1) is 7.49. The summed E-state index contributed by atoms with van der Waals surface area (Å²) in [5.41, 5.74) is 5.75. The normalized spacial score (nSPS) is 10.8. The zero-order valence-electron chi connectivity index (χ0n) is 5.97. The van der Waals surface area contributed by atoms with Gasteiger partial charge in [-0.15, -0.1) is 11.3 Å². The monoisotopic (exact) mass is 185 g/mol. The maximum atomic E-state index is 12.7. The molecule has 0 bridgehead atoms. The zero-order chi connectivity index (χ0) is 8.72. The molecule has 62 valence electrons. The minimum Gasteiger partial charge on any atom is -0.398 e. The molecule has 0 atom stereocenters. The molecule has 0 aliphatic rings. The van der Waals surface area contributed by atoms with Crippen molar-refractivity contribution in [2.24, 2.45) is 0 Å². The molecule has 12 heavy (non-hydrogen) atoms. The third-order valence-corrected chi connectivity index (χ3v) is 2.47. The van der Waals surface area contributed by atoms with Crippen molar-refractivity contribution < 1.29 is 8.78 Å². The van der Waals surface area contributed by atoms with E-state index in [1.165, 1.54) is 18.2 Å². The summed E-state index contributed by atoms with van der Waals surface area (Å²) in [5.74, 6) is -0.429. The quantitative estimate of drug-likeness (QED) is 0.627. The van der Waals surface area contributed by atoms with Crippen molar-refractivity contribution in [2.75, 3.05) is 5.73 Å². The molecule has 0 aliphatic heterocycles. The minimum absolute atomic E-state index is 0.283. The number of fused-ring (bicyclic) bond motifs is 1. The summed E-state index contributed by atoms with van der Waals surface area (Å²) >= 11 is 0.894. The average molecular weight is 185 g/mol. The van der Waals surface area contributed by atoms with Crippen LogP contribution in [0.1, 0.15) is 0 Å². The van der Waals surface area contributed by atoms with Crippen LogP contribution in [0.4, 0.5) is 14.5 Å². The number of benzene rings is 1. The molecule has 0 radical (unpaired) electrons. The molecular formula is C8H5F2NS. The van der Waals surface area contributed by atoms with E-state index >= 15 is 0 Å². The second-order valence-electron chi connectivity index (χ2n) is 2.46. The molecule has 0 fully saturated rings. The third kappa shape index (κ3) is 1.04. The predicted molar refractivity (Wildman–Crippen MR) is 46.2 cm³/mol. The molecule has 0 amide bonds. The number of hydrogen-bond donors (Lipinski definition) is 1. The fraction of sp³-hybridized carbons (Fsp3) is 0. The summed E-state index contributed by atoms with van der Waals surface area (Å²) in [6.45, 7) is 0. The van der Waals surface area contributed by atoms with E-state index in [1.54, 1.807) is 0 Å². The van der Waals surface area contributed by atoms with E-state index in [0.717, 1.165) is 11.3 Å². The summed E-state index contributed by atoms with van der Waals surface area (Å²) in [4.78, 5) is 0. The van der Waals surface area contributed by atoms with Crippen LogP contribution in [0.25, 0.3) is 10.1 Å². The van der Waals surface area contributed by atoms with Crippen molar-refractivity contribution in [1.82, 2.24) is 0 Å². The van der Waals surface area contributed by atoms with Crippen LogP contribution < -0.4 is 5.73 Å². The third-order valence-electron chi connectivity index (χ3n) is 1.60. The standard InChI is InChI=1S/C8H5F2NS/c9-4-1-6(11)5-3-8(10)12-7(5)2-4/h1-3H,11H2. The fourth-order valence-electron chi connectivity index (χ4n) is 1.10. The Balaban J connectivity index is 2.88. The van der Waals surface area contributed by atoms with Gasteiger partial charge in [-0.2, -0.15) is 4.39 Å². The topological polar surface area (TPSA) is 26.0 Å². The van der Waals surface area contributed by atoms with Gasteiger partial charge in [0.2, 0.25) is 0 Å². The number of rotatable bonds is 0. The molecule has 0 spiro atoms. The lowest BCUT2D eigenvalue weighted by atomic mass is 10.2. The second-order valence-corrected chi connectivity index (χ2v) is 3.49. The largest absolute Gasteiger partial charge is 0.398 e. The molecule has 1 aromatic carbocycles. The lowest BCUT2D eigenvalue weighted by Gasteiger charge is -1.94. The Morgan fingerprint density at radius 2 is 1.92 bits per heavy atom. The van der Waals surface area contributed by atoms with Gasteiger partial charge in [0.25, 0.3) is 0 Å². The van der Waals surface area contributed by atoms with Gasteiger partial charge in [-0.25, -0.2) is 4.39 Å². The Labute approximate surface area is 71.4 Å². The number of nitrogen functional groups attached to an aromatic ring is 1. The summed E-state index contributed by atoms with van der Waals surface area (Å²) in [5, 5.41) is 0.237. The SMILES string of the molecule is Nc1cc(F)cc2sc(F)cc12. The zero-order valence-corrected chi connectivity index (χ0v) is 6.79. The molecule has 0 unspecified atom stereocenters. The number of anilines is 1. The van der Waals surface area contributed by atoms with Crippen LogP contribution in [-0.4, -0.2) is 0 Å². The molecule has 1 heterocycles. The van der Waals surface area contributed by atoms with Gasteiger partial charge in [0.1, 0.15) is 5.82 Å². The summed E-state index contributed by atoms with van der Waals surface area (Å²) in [6, 6.07) is 3.78. The van der Waals surface area contributed by atoms with Gasteiger partial charge in [-0.3, -0.25) is 0 Å². The number of hydrogen-bond acceptors (Lipinski definition) is 2. The van der Waals surface area contributed by atoms with Crippen molar-refractivity contribution in [2.45, 2.75) is 0 Å². The summed E-state index contributed by atoms with van der Waals surface area (Å²) < 4.78 is 25.9. The molecule has 0 saturated heterocycles. The van der Waals surface area contributed by atoms with Crippen LogP contribution in [-0.2, 0) is 0 Å². The molecule has 0 aliphatic carbocycles. The van der Waals surface area contributed by atoms with E-state index in [9.17, 15) is 8.78 Å². The van der Waals surface area contributed by atoms with Crippen molar-refractivity contribution in [3.8, 4) is 0 Å². The van der Waals surface area contributed by atoms with Gasteiger partial charge >= 0.3 is 0 Å². The first-order valence-electron chi connectivity index (χ1n) is 3.31. The highest BCUT2D eigenvalue weighted by Gasteiger charge is 2.05. The van der Waals surface area contributed by atoms with Crippen molar-refractivity contribution in [3.63, 3.8) is 0 Å². The van der Waals surface area contributed by atoms with E-state index in [4.69, 9.17) is 5.73 Å². The Morgan fingerprint density at radius 3 is 2.67 bits per heavy atom. The Hall–Kier alpha value is -1.16. The van der Waals surface area contributed by atoms with Crippen molar-refractivity contribution in [1.29, 1.82) is 0 Å². The highest BCUT2D eigenvalue weighted by Crippen LogP contribution is 2.29. The van der Waals surface area contributed by atoms with Crippen LogP contribution in [0.2, 0.25) is 0 Å². The van der Waals surface area contributed by atoms with Gasteiger partial charge in [0.05, 0.1) is 0 Å². The maximum Gasteiger partial charge on any atom is 0.177 e. The smallest absolute Gasteiger partial charge is 0.177 e. The van der Waals surface area contributed by atoms with E-state index in [2.05, 4.69) is 0 Å². The minimum atomic E-state index is -0.429. The van der Waals surface area contributed by atoms with E-state index in [1.807, 2.05) is 0 Å². The van der Waals surface area contributed by atoms with Gasteiger partial charge in [-0.1, -0.05) is 0 Å². The van der Waals surface area contributed by atoms with Crippen molar-refractivity contribution in [3.05, 3.63) is 29.1 Å². The lowest BCUT2D eigenvalue weighted by Crippen LogP contribution is -1.85. The maximum absolute atomic E-state index is 12.7. The fourth-order valence-corrected chi connectivity index (χ4v) is 1.95. The van der Waals surface area contributed by atoms with Gasteiger partial charge in [0.15, 0.2) is 5.13 Å². The van der Waals surface area contributed by atoms with Gasteiger partial charge in [-0.05, 0) is 18.2 Å². The van der Waals surface area contributed by atoms with Crippen LogP contribution in [0.5, 0.6) is 0 Å². The van der Waals surface area contributed by atoms with E-state index < -0.39 is 5.82 Å². The number of halogens is 2. The van der Waals surface area contributed by atoms with Crippen LogP contribution in [0, 0.1) is 10.9 Å². The van der Waals surface area contributed by atoms with E-state index in [0.29, 0.717) is 10.1 Å². The molecule has 2 N–H and O–H groups in total. The van der Waals surface area contributed by atoms with Crippen LogP contribution in [0.3, 0.4) is 0 Å². The molecule has 2 rings (SSSR count). The second kappa shape index (κ2) is 2.42. The number of thiophene rings is 1.